The van der Waals surface area contributed by atoms with Gasteiger partial charge in [-0.15, -0.1) is 0 Å². The molecule has 2 heterocycles. The number of carboxylic acids is 1. The molecule has 8 nitrogen and oxygen atoms in total. The van der Waals surface area contributed by atoms with Crippen LogP contribution in [-0.4, -0.2) is 75.1 Å². The number of aliphatic hydroxyl groups is 1. The van der Waals surface area contributed by atoms with Crippen molar-refractivity contribution in [3.8, 4) is 5.75 Å². The van der Waals surface area contributed by atoms with Gasteiger partial charge in [0.25, 0.3) is 0 Å². The highest BCUT2D eigenvalue weighted by atomic mass is 32.2. The first kappa shape index (κ1) is 31.4. The van der Waals surface area contributed by atoms with Crippen LogP contribution in [0, 0.1) is 5.92 Å². The van der Waals surface area contributed by atoms with Crippen LogP contribution in [0.2, 0.25) is 0 Å². The molecule has 0 radical (unpaired) electrons. The summed E-state index contributed by atoms with van der Waals surface area (Å²) in [6.07, 6.45) is 2.66. The number of carboxylic acid groups (broad SMARTS) is 1. The molecule has 0 bridgehead atoms. The van der Waals surface area contributed by atoms with Gasteiger partial charge in [-0.25, -0.2) is 4.79 Å². The molecule has 2 N–H and O–H groups in total. The van der Waals surface area contributed by atoms with Gasteiger partial charge in [0.2, 0.25) is 5.91 Å². The third kappa shape index (κ3) is 8.98. The topological polar surface area (TPSA) is 107 Å². The summed E-state index contributed by atoms with van der Waals surface area (Å²) >= 11 is 0. The van der Waals surface area contributed by atoms with Crippen molar-refractivity contribution in [2.24, 2.45) is 5.92 Å². The van der Waals surface area contributed by atoms with Gasteiger partial charge in [0.1, 0.15) is 5.75 Å². The lowest BCUT2D eigenvalue weighted by Gasteiger charge is -2.32. The van der Waals surface area contributed by atoms with Crippen LogP contribution in [0.5, 0.6) is 5.75 Å². The number of amides is 1. The molecule has 2 atom stereocenters. The molecule has 224 valence electrons. The SMILES string of the molecule is COc1ccc2c(c1)CN(C(=O)CCN1CCC(Cc3ccccc3)CC1)CC[S@@]2=O.O=C(O)[C@H](O)c1ccccc1. The molecule has 2 aliphatic heterocycles. The van der Waals surface area contributed by atoms with Gasteiger partial charge in [-0.2, -0.15) is 0 Å². The fourth-order valence-corrected chi connectivity index (χ4v) is 6.62. The predicted molar refractivity (Wildman–Crippen MR) is 163 cm³/mol. The minimum absolute atomic E-state index is 0.152. The normalized spacial score (nSPS) is 18.1. The van der Waals surface area contributed by atoms with Crippen molar-refractivity contribution in [2.75, 3.05) is 39.0 Å². The van der Waals surface area contributed by atoms with Crippen molar-refractivity contribution in [3.05, 3.63) is 95.6 Å². The fourth-order valence-electron chi connectivity index (χ4n) is 5.38. The van der Waals surface area contributed by atoms with E-state index in [9.17, 15) is 13.8 Å². The van der Waals surface area contributed by atoms with Crippen LogP contribution in [-0.2, 0) is 33.4 Å². The summed E-state index contributed by atoms with van der Waals surface area (Å²) in [4.78, 5) is 28.3. The number of fused-ring (bicyclic) bond motifs is 1. The standard InChI is InChI=1S/C25H32N2O3S.C8H8O3/c1-30-23-7-8-24-22(18-23)19-27(15-16-31(24)29)25(28)11-14-26-12-9-21(10-13-26)17-20-5-3-2-4-6-20;9-7(8(10)11)6-4-2-1-3-5-6/h2-8,18,21H,9-17,19H2,1H3;1-5,7,9H,(H,10,11)/t31-;7-/m01/s1. The highest BCUT2D eigenvalue weighted by Gasteiger charge is 2.25. The Kier molecular flexibility index (Phi) is 11.7. The van der Waals surface area contributed by atoms with Crippen molar-refractivity contribution in [2.45, 2.75) is 43.2 Å². The van der Waals surface area contributed by atoms with E-state index < -0.39 is 22.9 Å². The van der Waals surface area contributed by atoms with Crippen molar-refractivity contribution < 1.29 is 28.7 Å². The highest BCUT2D eigenvalue weighted by molar-refractivity contribution is 7.85. The average molecular weight is 593 g/mol. The van der Waals surface area contributed by atoms with Crippen LogP contribution in [0.1, 0.15) is 42.1 Å². The Hall–Kier alpha value is -3.53. The first-order valence-electron chi connectivity index (χ1n) is 14.4. The quantitative estimate of drug-likeness (QED) is 0.402. The molecule has 2 aliphatic rings. The van der Waals surface area contributed by atoms with E-state index in [4.69, 9.17) is 14.9 Å². The molecule has 1 fully saturated rings. The predicted octanol–water partition coefficient (Wildman–Crippen LogP) is 4.29. The lowest BCUT2D eigenvalue weighted by molar-refractivity contribution is -0.147. The molecule has 1 amide bonds. The Morgan fingerprint density at radius 3 is 2.29 bits per heavy atom. The zero-order valence-electron chi connectivity index (χ0n) is 24.1. The van der Waals surface area contributed by atoms with Crippen LogP contribution in [0.3, 0.4) is 0 Å². The van der Waals surface area contributed by atoms with Crippen LogP contribution in [0.25, 0.3) is 0 Å². The minimum Gasteiger partial charge on any atom is -0.497 e. The van der Waals surface area contributed by atoms with Crippen LogP contribution >= 0.6 is 0 Å². The number of methoxy groups -OCH3 is 1. The molecule has 0 aliphatic carbocycles. The number of carbonyl (C=O) groups is 2. The minimum atomic E-state index is -1.41. The largest absolute Gasteiger partial charge is 0.497 e. The Balaban J connectivity index is 0.000000310. The molecule has 0 spiro atoms. The van der Waals surface area contributed by atoms with E-state index in [0.717, 1.165) is 48.2 Å². The monoisotopic (exact) mass is 592 g/mol. The lowest BCUT2D eigenvalue weighted by atomic mass is 9.90. The Morgan fingerprint density at radius 1 is 0.976 bits per heavy atom. The number of aliphatic hydroxyl groups excluding tert-OH is 1. The first-order chi connectivity index (χ1) is 20.3. The molecule has 1 saturated heterocycles. The van der Waals surface area contributed by atoms with E-state index in [1.807, 2.05) is 23.1 Å². The summed E-state index contributed by atoms with van der Waals surface area (Å²) in [6.45, 7) is 3.99. The van der Waals surface area contributed by atoms with E-state index in [1.54, 1.807) is 37.4 Å². The summed E-state index contributed by atoms with van der Waals surface area (Å²) < 4.78 is 17.9. The van der Waals surface area contributed by atoms with Crippen molar-refractivity contribution in [1.82, 2.24) is 9.80 Å². The smallest absolute Gasteiger partial charge is 0.337 e. The maximum Gasteiger partial charge on any atom is 0.337 e. The lowest BCUT2D eigenvalue weighted by Crippen LogP contribution is -2.38. The van der Waals surface area contributed by atoms with Gasteiger partial charge in [-0.3, -0.25) is 9.00 Å². The van der Waals surface area contributed by atoms with Gasteiger partial charge in [0, 0.05) is 36.7 Å². The molecule has 0 saturated carbocycles. The third-order valence-corrected chi connectivity index (χ3v) is 9.28. The van der Waals surface area contributed by atoms with Crippen LogP contribution < -0.4 is 4.74 Å². The van der Waals surface area contributed by atoms with E-state index >= 15 is 0 Å². The number of rotatable bonds is 8. The summed E-state index contributed by atoms with van der Waals surface area (Å²) in [5.74, 6) is 0.899. The van der Waals surface area contributed by atoms with Gasteiger partial charge in [0.05, 0.1) is 17.9 Å². The molecule has 9 heteroatoms. The highest BCUT2D eigenvalue weighted by Crippen LogP contribution is 2.26. The zero-order valence-corrected chi connectivity index (χ0v) is 24.9. The Bertz CT molecular complexity index is 1330. The van der Waals surface area contributed by atoms with Crippen LogP contribution in [0.4, 0.5) is 0 Å². The van der Waals surface area contributed by atoms with Gasteiger partial charge in [-0.05, 0) is 73.2 Å². The average Bonchev–Trinajstić information content (AvgIpc) is 3.19. The van der Waals surface area contributed by atoms with Crippen molar-refractivity contribution in [1.29, 1.82) is 0 Å². The number of ether oxygens (including phenoxy) is 1. The molecule has 0 unspecified atom stereocenters. The number of nitrogens with zero attached hydrogens (tertiary/aromatic N) is 2. The van der Waals surface area contributed by atoms with Gasteiger partial charge in [0.15, 0.2) is 6.10 Å². The summed E-state index contributed by atoms with van der Waals surface area (Å²) in [6, 6.07) is 24.6. The summed E-state index contributed by atoms with van der Waals surface area (Å²) in [7, 11) is 0.557. The second kappa shape index (κ2) is 15.6. The van der Waals surface area contributed by atoms with E-state index in [2.05, 4.69) is 35.2 Å². The number of hydrogen-bond acceptors (Lipinski definition) is 6. The van der Waals surface area contributed by atoms with Crippen molar-refractivity contribution >= 4 is 22.7 Å². The maximum absolute atomic E-state index is 12.9. The number of hydrogen-bond donors (Lipinski definition) is 2. The molecular formula is C33H40N2O6S. The summed E-state index contributed by atoms with van der Waals surface area (Å²) in [5, 5.41) is 17.4. The Morgan fingerprint density at radius 2 is 1.64 bits per heavy atom. The van der Waals surface area contributed by atoms with E-state index in [-0.39, 0.29) is 5.91 Å². The second-order valence-electron chi connectivity index (χ2n) is 10.7. The molecular weight excluding hydrogens is 552 g/mol. The molecule has 3 aromatic carbocycles. The first-order valence-corrected chi connectivity index (χ1v) is 15.7. The number of carbonyl (C=O) groups excluding carboxylic acids is 1. The second-order valence-corrected chi connectivity index (χ2v) is 12.3. The molecule has 3 aromatic rings. The maximum atomic E-state index is 12.9. The number of likely N-dealkylation sites (tertiary alicyclic amines) is 1. The van der Waals surface area contributed by atoms with E-state index in [1.165, 1.54) is 18.4 Å². The summed E-state index contributed by atoms with van der Waals surface area (Å²) in [5.41, 5.74) is 2.76. The zero-order chi connectivity index (χ0) is 29.9. The van der Waals surface area contributed by atoms with Crippen LogP contribution in [0.15, 0.2) is 83.8 Å². The molecule has 0 aromatic heterocycles. The fraction of sp³-hybridized carbons (Fsp3) is 0.394. The van der Waals surface area contributed by atoms with Gasteiger partial charge >= 0.3 is 5.97 Å². The van der Waals surface area contributed by atoms with E-state index in [0.29, 0.717) is 30.8 Å². The molecule has 42 heavy (non-hydrogen) atoms. The number of benzene rings is 3. The third-order valence-electron chi connectivity index (χ3n) is 7.84. The van der Waals surface area contributed by atoms with Gasteiger partial charge in [-0.1, -0.05) is 60.7 Å². The molecule has 5 rings (SSSR count). The number of aliphatic carboxylic acids is 1. The van der Waals surface area contributed by atoms with Crippen molar-refractivity contribution in [3.63, 3.8) is 0 Å². The Labute approximate surface area is 250 Å². The number of piperidine rings is 1. The van der Waals surface area contributed by atoms with Gasteiger partial charge < -0.3 is 24.7 Å².